The van der Waals surface area contributed by atoms with E-state index < -0.39 is 17.5 Å². The van der Waals surface area contributed by atoms with Crippen LogP contribution in [0.15, 0.2) is 24.3 Å². The summed E-state index contributed by atoms with van der Waals surface area (Å²) in [4.78, 5) is 21.1. The van der Waals surface area contributed by atoms with Gasteiger partial charge in [0.25, 0.3) is 5.95 Å². The quantitative estimate of drug-likeness (QED) is 0.763. The third-order valence-electron chi connectivity index (χ3n) is 4.16. The lowest BCUT2D eigenvalue weighted by Gasteiger charge is -2.08. The normalized spacial score (nSPS) is 10.9. The van der Waals surface area contributed by atoms with E-state index in [4.69, 9.17) is 0 Å². The van der Waals surface area contributed by atoms with Crippen molar-refractivity contribution in [3.8, 4) is 5.95 Å². The lowest BCUT2D eigenvalue weighted by molar-refractivity contribution is -0.115. The summed E-state index contributed by atoms with van der Waals surface area (Å²) in [6.45, 7) is 7.32. The molecule has 0 saturated carbocycles. The summed E-state index contributed by atoms with van der Waals surface area (Å²) in [7, 11) is 0. The maximum absolute atomic E-state index is 13.7. The highest BCUT2D eigenvalue weighted by atomic mass is 19.2. The third kappa shape index (κ3) is 3.84. The van der Waals surface area contributed by atoms with E-state index in [9.17, 15) is 13.6 Å². The van der Waals surface area contributed by atoms with Crippen LogP contribution in [0.4, 0.5) is 14.5 Å². The second-order valence-electron chi connectivity index (χ2n) is 6.34. The van der Waals surface area contributed by atoms with Crippen LogP contribution >= 0.6 is 0 Å². The number of hydrogen-bond donors (Lipinski definition) is 1. The number of carbonyl (C=O) groups excluding carboxylic acids is 1. The van der Waals surface area contributed by atoms with Gasteiger partial charge >= 0.3 is 0 Å². The molecular weight excluding hydrogens is 352 g/mol. The van der Waals surface area contributed by atoms with Crippen LogP contribution in [0.1, 0.15) is 28.3 Å². The molecule has 0 bridgehead atoms. The lowest BCUT2D eigenvalue weighted by atomic mass is 10.1. The van der Waals surface area contributed by atoms with E-state index in [-0.39, 0.29) is 12.1 Å². The Labute approximate surface area is 155 Å². The minimum atomic E-state index is -1.08. The van der Waals surface area contributed by atoms with Crippen LogP contribution in [0.2, 0.25) is 0 Å². The van der Waals surface area contributed by atoms with Crippen LogP contribution in [-0.4, -0.2) is 25.7 Å². The molecule has 1 amide bonds. The van der Waals surface area contributed by atoms with E-state index in [0.29, 0.717) is 22.9 Å². The number of aryl methyl sites for hydroxylation is 3. The zero-order valence-corrected chi connectivity index (χ0v) is 15.5. The van der Waals surface area contributed by atoms with Crippen molar-refractivity contribution in [2.75, 3.05) is 5.32 Å². The van der Waals surface area contributed by atoms with Crippen LogP contribution in [0.25, 0.3) is 5.95 Å². The van der Waals surface area contributed by atoms with Gasteiger partial charge in [0, 0.05) is 22.6 Å². The van der Waals surface area contributed by atoms with Gasteiger partial charge in [-0.3, -0.25) is 4.79 Å². The molecule has 0 saturated heterocycles. The molecule has 3 aromatic rings. The largest absolute Gasteiger partial charge is 0.323 e. The van der Waals surface area contributed by atoms with Gasteiger partial charge in [-0.15, -0.1) is 0 Å². The number of hydrogen-bond acceptors (Lipinski definition) is 4. The molecule has 2 aromatic heterocycles. The average molecular weight is 371 g/mol. The first-order valence-electron chi connectivity index (χ1n) is 8.38. The van der Waals surface area contributed by atoms with Gasteiger partial charge in [0.2, 0.25) is 5.91 Å². The second kappa shape index (κ2) is 7.22. The second-order valence-corrected chi connectivity index (χ2v) is 6.34. The van der Waals surface area contributed by atoms with Crippen LogP contribution in [0.3, 0.4) is 0 Å². The van der Waals surface area contributed by atoms with Gasteiger partial charge in [0.15, 0.2) is 11.6 Å². The van der Waals surface area contributed by atoms with Gasteiger partial charge in [-0.05, 0) is 45.9 Å². The third-order valence-corrected chi connectivity index (χ3v) is 4.16. The Balaban J connectivity index is 1.86. The van der Waals surface area contributed by atoms with Crippen LogP contribution in [-0.2, 0) is 11.2 Å². The molecule has 0 radical (unpaired) electrons. The van der Waals surface area contributed by atoms with E-state index in [0.717, 1.165) is 17.5 Å². The molecule has 6 nitrogen and oxygen atoms in total. The predicted molar refractivity (Wildman–Crippen MR) is 96.8 cm³/mol. The van der Waals surface area contributed by atoms with Gasteiger partial charge in [-0.2, -0.15) is 5.10 Å². The fourth-order valence-electron chi connectivity index (χ4n) is 2.88. The topological polar surface area (TPSA) is 72.7 Å². The molecule has 1 N–H and O–H groups in total. The number of anilines is 1. The number of rotatable bonds is 4. The molecule has 0 aliphatic carbocycles. The van der Waals surface area contributed by atoms with E-state index in [1.54, 1.807) is 11.6 Å². The van der Waals surface area contributed by atoms with Crippen LogP contribution in [0, 0.1) is 39.3 Å². The summed E-state index contributed by atoms with van der Waals surface area (Å²) in [6, 6.07) is 5.49. The van der Waals surface area contributed by atoms with E-state index in [1.165, 1.54) is 12.1 Å². The first kappa shape index (κ1) is 18.6. The summed E-state index contributed by atoms with van der Waals surface area (Å²) < 4.78 is 28.6. The van der Waals surface area contributed by atoms with Crippen LogP contribution < -0.4 is 5.32 Å². The molecule has 1 aromatic carbocycles. The van der Waals surface area contributed by atoms with Crippen molar-refractivity contribution in [2.45, 2.75) is 34.1 Å². The van der Waals surface area contributed by atoms with Gasteiger partial charge in [-0.1, -0.05) is 6.07 Å². The Morgan fingerprint density at radius 3 is 2.44 bits per heavy atom. The fourth-order valence-corrected chi connectivity index (χ4v) is 2.88. The Morgan fingerprint density at radius 2 is 1.78 bits per heavy atom. The Bertz CT molecular complexity index is 1010. The molecule has 0 fully saturated rings. The van der Waals surface area contributed by atoms with E-state index in [2.05, 4.69) is 20.4 Å². The highest BCUT2D eigenvalue weighted by Crippen LogP contribution is 2.20. The van der Waals surface area contributed by atoms with Gasteiger partial charge in [0.1, 0.15) is 0 Å². The molecule has 3 rings (SSSR count). The summed E-state index contributed by atoms with van der Waals surface area (Å²) in [5, 5.41) is 6.83. The molecule has 0 atom stereocenters. The smallest absolute Gasteiger partial charge is 0.251 e. The Morgan fingerprint density at radius 1 is 1.11 bits per heavy atom. The minimum absolute atomic E-state index is 0.0293. The van der Waals surface area contributed by atoms with Crippen molar-refractivity contribution in [3.63, 3.8) is 0 Å². The van der Waals surface area contributed by atoms with Gasteiger partial charge < -0.3 is 5.32 Å². The molecule has 2 heterocycles. The standard InChI is InChI=1S/C19H19F2N5O/c1-10-8-11(2)23-19(22-10)26-13(4)14(12(3)25-26)9-17(27)24-16-7-5-6-15(20)18(16)21/h5-8H,9H2,1-4H3,(H,24,27). The van der Waals surface area contributed by atoms with Crippen molar-refractivity contribution in [1.82, 2.24) is 19.7 Å². The molecule has 27 heavy (non-hydrogen) atoms. The summed E-state index contributed by atoms with van der Waals surface area (Å²) in [5.74, 6) is -2.14. The lowest BCUT2D eigenvalue weighted by Crippen LogP contribution is -2.16. The number of halogens is 2. The summed E-state index contributed by atoms with van der Waals surface area (Å²) in [6.07, 6.45) is -0.0293. The zero-order chi connectivity index (χ0) is 19.7. The maximum atomic E-state index is 13.7. The first-order valence-corrected chi connectivity index (χ1v) is 8.38. The van der Waals surface area contributed by atoms with Crippen molar-refractivity contribution in [2.24, 2.45) is 0 Å². The molecule has 0 aliphatic rings. The minimum Gasteiger partial charge on any atom is -0.323 e. The molecule has 0 unspecified atom stereocenters. The molecule has 140 valence electrons. The number of aromatic nitrogens is 4. The van der Waals surface area contributed by atoms with Crippen LogP contribution in [0.5, 0.6) is 0 Å². The zero-order valence-electron chi connectivity index (χ0n) is 15.5. The van der Waals surface area contributed by atoms with E-state index in [1.807, 2.05) is 26.8 Å². The number of benzene rings is 1. The maximum Gasteiger partial charge on any atom is 0.251 e. The summed E-state index contributed by atoms with van der Waals surface area (Å²) >= 11 is 0. The average Bonchev–Trinajstić information content (AvgIpc) is 2.86. The fraction of sp³-hybridized carbons (Fsp3) is 0.263. The summed E-state index contributed by atoms with van der Waals surface area (Å²) in [5.41, 5.74) is 3.47. The first-order chi connectivity index (χ1) is 12.8. The molecular formula is C19H19F2N5O. The monoisotopic (exact) mass is 371 g/mol. The highest BCUT2D eigenvalue weighted by molar-refractivity contribution is 5.92. The molecule has 8 heteroatoms. The van der Waals surface area contributed by atoms with E-state index >= 15 is 0 Å². The van der Waals surface area contributed by atoms with Crippen molar-refractivity contribution in [3.05, 3.63) is 64.2 Å². The molecule has 0 aliphatic heterocycles. The van der Waals surface area contributed by atoms with Crippen molar-refractivity contribution < 1.29 is 13.6 Å². The number of carbonyl (C=O) groups is 1. The SMILES string of the molecule is Cc1cc(C)nc(-n2nc(C)c(CC(=O)Nc3cccc(F)c3F)c2C)n1. The Kier molecular flexibility index (Phi) is 4.98. The number of nitrogens with one attached hydrogen (secondary N) is 1. The number of amides is 1. The van der Waals surface area contributed by atoms with Crippen molar-refractivity contribution in [1.29, 1.82) is 0 Å². The van der Waals surface area contributed by atoms with Gasteiger partial charge in [0.05, 0.1) is 17.8 Å². The highest BCUT2D eigenvalue weighted by Gasteiger charge is 2.19. The number of nitrogens with zero attached hydrogens (tertiary/aromatic N) is 4. The molecule has 0 spiro atoms. The predicted octanol–water partition coefficient (Wildman–Crippen LogP) is 3.36. The van der Waals surface area contributed by atoms with Crippen molar-refractivity contribution >= 4 is 11.6 Å². The Hall–Kier alpha value is -3.16. The van der Waals surface area contributed by atoms with Gasteiger partial charge in [-0.25, -0.2) is 23.4 Å².